The molecule has 1 N–H and O–H groups in total. The summed E-state index contributed by atoms with van der Waals surface area (Å²) in [6.45, 7) is 1.60. The van der Waals surface area contributed by atoms with E-state index in [1.54, 1.807) is 37.3 Å². The lowest BCUT2D eigenvalue weighted by Gasteiger charge is -2.18. The Hall–Kier alpha value is -2.60. The van der Waals surface area contributed by atoms with Gasteiger partial charge in [0, 0.05) is 24.7 Å². The number of nitro benzene ring substituents is 1. The van der Waals surface area contributed by atoms with Gasteiger partial charge in [0.15, 0.2) is 0 Å². The lowest BCUT2D eigenvalue weighted by molar-refractivity contribution is -0.385. The van der Waals surface area contributed by atoms with E-state index in [9.17, 15) is 14.9 Å². The van der Waals surface area contributed by atoms with Gasteiger partial charge in [0.25, 0.3) is 11.6 Å². The van der Waals surface area contributed by atoms with Crippen LogP contribution in [0.25, 0.3) is 0 Å². The van der Waals surface area contributed by atoms with Gasteiger partial charge in [-0.15, -0.1) is 0 Å². The molecule has 7 heteroatoms. The monoisotopic (exact) mass is 333 g/mol. The fourth-order valence-corrected chi connectivity index (χ4v) is 2.44. The van der Waals surface area contributed by atoms with Crippen molar-refractivity contribution in [1.82, 2.24) is 0 Å². The van der Waals surface area contributed by atoms with Crippen molar-refractivity contribution in [1.29, 1.82) is 0 Å². The highest BCUT2D eigenvalue weighted by Crippen LogP contribution is 2.30. The number of carbonyl (C=O) groups is 1. The van der Waals surface area contributed by atoms with Crippen LogP contribution in [-0.2, 0) is 0 Å². The molecule has 1 amide bonds. The van der Waals surface area contributed by atoms with Crippen LogP contribution >= 0.6 is 11.6 Å². The molecule has 2 aromatic carbocycles. The summed E-state index contributed by atoms with van der Waals surface area (Å²) in [4.78, 5) is 25.0. The predicted octanol–water partition coefficient (Wildman–Crippen LogP) is 3.87. The molecule has 23 heavy (non-hydrogen) atoms. The maximum atomic E-state index is 12.5. The van der Waals surface area contributed by atoms with Gasteiger partial charge >= 0.3 is 0 Å². The second kappa shape index (κ2) is 6.66. The van der Waals surface area contributed by atoms with Gasteiger partial charge in [-0.3, -0.25) is 14.9 Å². The number of nitro groups is 1. The molecule has 0 bridgehead atoms. The maximum absolute atomic E-state index is 12.5. The highest BCUT2D eigenvalue weighted by Gasteiger charge is 2.23. The third kappa shape index (κ3) is 3.60. The SMILES string of the molecule is Cc1cccc(C(=O)Nc2cc(Cl)ccc2N(C)C)c1[N+](=O)[O-]. The number of amides is 1. The van der Waals surface area contributed by atoms with Gasteiger partial charge in [-0.2, -0.15) is 0 Å². The van der Waals surface area contributed by atoms with Crippen molar-refractivity contribution >= 4 is 34.6 Å². The number of aryl methyl sites for hydroxylation is 1. The Morgan fingerprint density at radius 1 is 1.26 bits per heavy atom. The molecule has 0 heterocycles. The maximum Gasteiger partial charge on any atom is 0.285 e. The normalized spacial score (nSPS) is 10.3. The summed E-state index contributed by atoms with van der Waals surface area (Å²) in [5.74, 6) is -0.550. The molecular formula is C16H16ClN3O3. The molecule has 6 nitrogen and oxygen atoms in total. The Morgan fingerprint density at radius 2 is 1.96 bits per heavy atom. The smallest absolute Gasteiger partial charge is 0.285 e. The lowest BCUT2D eigenvalue weighted by Crippen LogP contribution is -2.18. The summed E-state index contributed by atoms with van der Waals surface area (Å²) < 4.78 is 0. The van der Waals surface area contributed by atoms with Gasteiger partial charge in [-0.25, -0.2) is 0 Å². The summed E-state index contributed by atoms with van der Waals surface area (Å²) in [6, 6.07) is 9.72. The number of benzene rings is 2. The number of para-hydroxylation sites is 1. The zero-order valence-corrected chi connectivity index (χ0v) is 13.7. The number of nitrogens with one attached hydrogen (secondary N) is 1. The van der Waals surface area contributed by atoms with Crippen LogP contribution in [0.1, 0.15) is 15.9 Å². The molecular weight excluding hydrogens is 318 g/mol. The molecule has 0 aromatic heterocycles. The molecule has 0 fully saturated rings. The van der Waals surface area contributed by atoms with Crippen molar-refractivity contribution in [3.63, 3.8) is 0 Å². The van der Waals surface area contributed by atoms with Gasteiger partial charge < -0.3 is 10.2 Å². The van der Waals surface area contributed by atoms with E-state index >= 15 is 0 Å². The minimum absolute atomic E-state index is 0.0136. The van der Waals surface area contributed by atoms with Crippen molar-refractivity contribution in [2.75, 3.05) is 24.3 Å². The van der Waals surface area contributed by atoms with Crippen LogP contribution in [-0.4, -0.2) is 24.9 Å². The second-order valence-corrected chi connectivity index (χ2v) is 5.67. The molecule has 2 aromatic rings. The van der Waals surface area contributed by atoms with Crippen molar-refractivity contribution in [2.24, 2.45) is 0 Å². The van der Waals surface area contributed by atoms with E-state index in [0.717, 1.165) is 5.69 Å². The molecule has 0 unspecified atom stereocenters. The Balaban J connectivity index is 2.43. The third-order valence-corrected chi connectivity index (χ3v) is 3.59. The van der Waals surface area contributed by atoms with Crippen molar-refractivity contribution in [2.45, 2.75) is 6.92 Å². The van der Waals surface area contributed by atoms with Crippen LogP contribution < -0.4 is 10.2 Å². The predicted molar refractivity (Wildman–Crippen MR) is 91.6 cm³/mol. The molecule has 0 spiro atoms. The Labute approximate surface area is 138 Å². The average molecular weight is 334 g/mol. The van der Waals surface area contributed by atoms with Crippen LogP contribution in [0.15, 0.2) is 36.4 Å². The van der Waals surface area contributed by atoms with E-state index in [1.807, 2.05) is 19.0 Å². The first-order valence-corrected chi connectivity index (χ1v) is 7.21. The number of carbonyl (C=O) groups excluding carboxylic acids is 1. The van der Waals surface area contributed by atoms with E-state index in [4.69, 9.17) is 11.6 Å². The molecule has 0 aliphatic rings. The Bertz CT molecular complexity index is 775. The first kappa shape index (κ1) is 16.8. The molecule has 0 saturated carbocycles. The summed E-state index contributed by atoms with van der Waals surface area (Å²) in [5, 5.41) is 14.4. The lowest BCUT2D eigenvalue weighted by atomic mass is 10.1. The van der Waals surface area contributed by atoms with Crippen LogP contribution in [0, 0.1) is 17.0 Å². The second-order valence-electron chi connectivity index (χ2n) is 5.24. The fourth-order valence-electron chi connectivity index (χ4n) is 2.27. The number of nitrogens with zero attached hydrogens (tertiary/aromatic N) is 2. The first-order chi connectivity index (χ1) is 10.8. The molecule has 0 aliphatic carbocycles. The fraction of sp³-hybridized carbons (Fsp3) is 0.188. The van der Waals surface area contributed by atoms with E-state index in [1.165, 1.54) is 6.07 Å². The summed E-state index contributed by atoms with van der Waals surface area (Å²) >= 11 is 5.98. The first-order valence-electron chi connectivity index (χ1n) is 6.83. The van der Waals surface area contributed by atoms with Crippen molar-refractivity contribution in [3.8, 4) is 0 Å². The standard InChI is InChI=1S/C16H16ClN3O3/c1-10-5-4-6-12(15(10)20(22)23)16(21)18-13-9-11(17)7-8-14(13)19(2)3/h4-9H,1-3H3,(H,18,21). The Morgan fingerprint density at radius 3 is 2.57 bits per heavy atom. The number of halogens is 1. The van der Waals surface area contributed by atoms with Crippen molar-refractivity contribution < 1.29 is 9.72 Å². The topological polar surface area (TPSA) is 75.5 Å². The number of rotatable bonds is 4. The van der Waals surface area contributed by atoms with Gasteiger partial charge in [0.1, 0.15) is 5.56 Å². The van der Waals surface area contributed by atoms with Crippen LogP contribution in [0.4, 0.5) is 17.1 Å². The van der Waals surface area contributed by atoms with Gasteiger partial charge in [-0.05, 0) is 31.2 Å². The summed E-state index contributed by atoms with van der Waals surface area (Å²) in [6.07, 6.45) is 0. The van der Waals surface area contributed by atoms with E-state index in [2.05, 4.69) is 5.32 Å². The molecule has 0 aliphatic heterocycles. The molecule has 120 valence electrons. The zero-order valence-electron chi connectivity index (χ0n) is 13.0. The molecule has 0 atom stereocenters. The number of anilines is 2. The summed E-state index contributed by atoms with van der Waals surface area (Å²) in [5.41, 5.74) is 1.49. The van der Waals surface area contributed by atoms with Crippen LogP contribution in [0.5, 0.6) is 0 Å². The number of hydrogen-bond acceptors (Lipinski definition) is 4. The molecule has 2 rings (SSSR count). The third-order valence-electron chi connectivity index (χ3n) is 3.35. The molecule has 0 radical (unpaired) electrons. The van der Waals surface area contributed by atoms with Crippen LogP contribution in [0.2, 0.25) is 5.02 Å². The van der Waals surface area contributed by atoms with E-state index in [0.29, 0.717) is 16.3 Å². The highest BCUT2D eigenvalue weighted by molar-refractivity contribution is 6.31. The van der Waals surface area contributed by atoms with Gasteiger partial charge in [0.2, 0.25) is 0 Å². The van der Waals surface area contributed by atoms with Crippen LogP contribution in [0.3, 0.4) is 0 Å². The van der Waals surface area contributed by atoms with Gasteiger partial charge in [0.05, 0.1) is 16.3 Å². The average Bonchev–Trinajstić information content (AvgIpc) is 2.46. The zero-order chi connectivity index (χ0) is 17.1. The quantitative estimate of drug-likeness (QED) is 0.680. The molecule has 0 saturated heterocycles. The van der Waals surface area contributed by atoms with E-state index in [-0.39, 0.29) is 11.3 Å². The minimum Gasteiger partial charge on any atom is -0.376 e. The van der Waals surface area contributed by atoms with Gasteiger partial charge in [-0.1, -0.05) is 23.7 Å². The minimum atomic E-state index is -0.550. The van der Waals surface area contributed by atoms with Crippen molar-refractivity contribution in [3.05, 3.63) is 62.7 Å². The Kier molecular flexibility index (Phi) is 4.86. The summed E-state index contributed by atoms with van der Waals surface area (Å²) in [7, 11) is 3.65. The highest BCUT2D eigenvalue weighted by atomic mass is 35.5. The number of hydrogen-bond donors (Lipinski definition) is 1. The van der Waals surface area contributed by atoms with E-state index < -0.39 is 10.8 Å². The largest absolute Gasteiger partial charge is 0.376 e.